The van der Waals surface area contributed by atoms with Crippen LogP contribution in [0.5, 0.6) is 0 Å². The van der Waals surface area contributed by atoms with Crippen molar-refractivity contribution in [1.82, 2.24) is 14.5 Å². The van der Waals surface area contributed by atoms with Crippen LogP contribution in [-0.4, -0.2) is 20.3 Å². The van der Waals surface area contributed by atoms with Crippen molar-refractivity contribution in [1.29, 1.82) is 0 Å². The van der Waals surface area contributed by atoms with Gasteiger partial charge in [-0.15, -0.1) is 11.8 Å². The van der Waals surface area contributed by atoms with Crippen LogP contribution in [0.15, 0.2) is 59.6 Å². The standard InChI is InChI=1S/C25H19F6N3S/c1-3-35-21-12-16(5-4-15-6-9-17(10-7-15)24(26,27)28)8-11-18(21)23-33-19-13-22(25(29,30)31)32-14-20(19)34(23)2/h4-14H,3H2,1-2H3/b5-4+. The highest BCUT2D eigenvalue weighted by molar-refractivity contribution is 7.99. The molecule has 0 radical (unpaired) electrons. The van der Waals surface area contributed by atoms with E-state index in [1.807, 2.05) is 25.1 Å². The van der Waals surface area contributed by atoms with Gasteiger partial charge in [-0.3, -0.25) is 0 Å². The second-order valence-corrected chi connectivity index (χ2v) is 9.00. The maximum absolute atomic E-state index is 13.1. The second kappa shape index (κ2) is 9.41. The molecule has 182 valence electrons. The van der Waals surface area contributed by atoms with E-state index in [1.165, 1.54) is 18.3 Å². The lowest BCUT2D eigenvalue weighted by Crippen LogP contribution is -2.07. The van der Waals surface area contributed by atoms with Crippen molar-refractivity contribution in [2.24, 2.45) is 7.05 Å². The number of hydrogen-bond donors (Lipinski definition) is 0. The third-order valence-electron chi connectivity index (χ3n) is 5.31. The van der Waals surface area contributed by atoms with Crippen LogP contribution in [0, 0.1) is 0 Å². The number of rotatable bonds is 5. The van der Waals surface area contributed by atoms with Gasteiger partial charge in [0.05, 0.1) is 22.8 Å². The van der Waals surface area contributed by atoms with Crippen molar-refractivity contribution in [2.75, 3.05) is 5.75 Å². The van der Waals surface area contributed by atoms with Gasteiger partial charge in [0, 0.05) is 17.5 Å². The van der Waals surface area contributed by atoms with Crippen molar-refractivity contribution < 1.29 is 26.3 Å². The Hall–Kier alpha value is -3.27. The number of thioether (sulfide) groups is 1. The molecule has 0 saturated carbocycles. The first-order valence-corrected chi connectivity index (χ1v) is 11.5. The summed E-state index contributed by atoms with van der Waals surface area (Å²) < 4.78 is 79.2. The van der Waals surface area contributed by atoms with Crippen LogP contribution >= 0.6 is 11.8 Å². The molecule has 10 heteroatoms. The van der Waals surface area contributed by atoms with E-state index in [0.717, 1.165) is 40.0 Å². The van der Waals surface area contributed by atoms with Gasteiger partial charge in [-0.2, -0.15) is 26.3 Å². The minimum atomic E-state index is -4.56. The summed E-state index contributed by atoms with van der Waals surface area (Å²) in [7, 11) is 1.72. The number of halogens is 6. The van der Waals surface area contributed by atoms with Crippen LogP contribution in [-0.2, 0) is 19.4 Å². The Morgan fingerprint density at radius 2 is 1.54 bits per heavy atom. The molecule has 35 heavy (non-hydrogen) atoms. The fourth-order valence-corrected chi connectivity index (χ4v) is 4.41. The predicted octanol–water partition coefficient (Wildman–Crippen LogP) is 7.96. The van der Waals surface area contributed by atoms with E-state index in [9.17, 15) is 26.3 Å². The monoisotopic (exact) mass is 507 g/mol. The summed E-state index contributed by atoms with van der Waals surface area (Å²) in [5.74, 6) is 1.26. The highest BCUT2D eigenvalue weighted by Gasteiger charge is 2.33. The van der Waals surface area contributed by atoms with Gasteiger partial charge in [-0.25, -0.2) is 9.97 Å². The second-order valence-electron chi connectivity index (χ2n) is 7.69. The van der Waals surface area contributed by atoms with Crippen molar-refractivity contribution in [2.45, 2.75) is 24.2 Å². The van der Waals surface area contributed by atoms with Gasteiger partial charge in [0.15, 0.2) is 0 Å². The summed E-state index contributed by atoms with van der Waals surface area (Å²) in [5, 5.41) is 0. The molecule has 2 aromatic heterocycles. The summed E-state index contributed by atoms with van der Waals surface area (Å²) in [4.78, 5) is 8.86. The highest BCUT2D eigenvalue weighted by atomic mass is 32.2. The number of pyridine rings is 1. The van der Waals surface area contributed by atoms with Crippen molar-refractivity contribution in [3.05, 3.63) is 77.1 Å². The van der Waals surface area contributed by atoms with Crippen molar-refractivity contribution in [3.8, 4) is 11.4 Å². The number of aromatic nitrogens is 3. The zero-order chi connectivity index (χ0) is 25.4. The summed E-state index contributed by atoms with van der Waals surface area (Å²) in [6.07, 6.45) is -4.27. The minimum absolute atomic E-state index is 0.198. The molecule has 4 aromatic rings. The minimum Gasteiger partial charge on any atom is -0.326 e. The molecule has 3 nitrogen and oxygen atoms in total. The molecule has 0 spiro atoms. The first-order chi connectivity index (χ1) is 16.5. The van der Waals surface area contributed by atoms with Crippen LogP contribution < -0.4 is 0 Å². The third-order valence-corrected chi connectivity index (χ3v) is 6.25. The fraction of sp³-hybridized carbons (Fsp3) is 0.200. The molecule has 4 rings (SSSR count). The lowest BCUT2D eigenvalue weighted by Gasteiger charge is -2.10. The Kier molecular flexibility index (Phi) is 6.68. The topological polar surface area (TPSA) is 30.7 Å². The maximum Gasteiger partial charge on any atom is 0.433 e. The first-order valence-electron chi connectivity index (χ1n) is 10.5. The number of imidazole rings is 1. The van der Waals surface area contributed by atoms with E-state index >= 15 is 0 Å². The normalized spacial score (nSPS) is 12.7. The summed E-state index contributed by atoms with van der Waals surface area (Å²) in [6.45, 7) is 1.98. The Balaban J connectivity index is 1.68. The number of aryl methyl sites for hydroxylation is 1. The van der Waals surface area contributed by atoms with Gasteiger partial charge in [0.2, 0.25) is 0 Å². The average molecular weight is 508 g/mol. The number of fused-ring (bicyclic) bond motifs is 1. The van der Waals surface area contributed by atoms with E-state index in [4.69, 9.17) is 0 Å². The zero-order valence-corrected chi connectivity index (χ0v) is 19.4. The van der Waals surface area contributed by atoms with E-state index in [-0.39, 0.29) is 5.52 Å². The van der Waals surface area contributed by atoms with Gasteiger partial charge in [0.25, 0.3) is 0 Å². The van der Waals surface area contributed by atoms with Gasteiger partial charge in [0.1, 0.15) is 11.5 Å². The molecule has 0 bridgehead atoms. The molecule has 0 N–H and O–H groups in total. The van der Waals surface area contributed by atoms with Crippen molar-refractivity contribution in [3.63, 3.8) is 0 Å². The average Bonchev–Trinajstić information content (AvgIpc) is 3.13. The predicted molar refractivity (Wildman–Crippen MR) is 126 cm³/mol. The molecule has 0 aliphatic rings. The molecule has 0 atom stereocenters. The largest absolute Gasteiger partial charge is 0.433 e. The van der Waals surface area contributed by atoms with Crippen LogP contribution in [0.25, 0.3) is 34.6 Å². The Labute approximate surface area is 201 Å². The maximum atomic E-state index is 13.1. The van der Waals surface area contributed by atoms with Crippen LogP contribution in [0.4, 0.5) is 26.3 Å². The number of nitrogens with zero attached hydrogens (tertiary/aromatic N) is 3. The summed E-state index contributed by atoms with van der Waals surface area (Å²) in [5.41, 5.74) is 1.17. The molecule has 2 heterocycles. The van der Waals surface area contributed by atoms with Gasteiger partial charge >= 0.3 is 12.4 Å². The van der Waals surface area contributed by atoms with E-state index in [1.54, 1.807) is 35.5 Å². The van der Waals surface area contributed by atoms with Crippen LogP contribution in [0.3, 0.4) is 0 Å². The fourth-order valence-electron chi connectivity index (χ4n) is 3.56. The molecule has 0 saturated heterocycles. The van der Waals surface area contributed by atoms with Crippen molar-refractivity contribution >= 4 is 34.9 Å². The van der Waals surface area contributed by atoms with E-state index < -0.39 is 23.6 Å². The number of alkyl halides is 6. The summed E-state index contributed by atoms with van der Waals surface area (Å²) in [6, 6.07) is 11.4. The SMILES string of the molecule is CCSc1cc(/C=C/c2ccc(C(F)(F)F)cc2)ccc1-c1nc2cc(C(F)(F)F)ncc2n1C. The molecule has 0 aliphatic carbocycles. The van der Waals surface area contributed by atoms with E-state index in [2.05, 4.69) is 9.97 Å². The molecule has 2 aromatic carbocycles. The Morgan fingerprint density at radius 3 is 2.17 bits per heavy atom. The smallest absolute Gasteiger partial charge is 0.326 e. The van der Waals surface area contributed by atoms with Gasteiger partial charge < -0.3 is 4.57 Å². The molecular weight excluding hydrogens is 488 g/mol. The summed E-state index contributed by atoms with van der Waals surface area (Å²) >= 11 is 1.56. The van der Waals surface area contributed by atoms with Gasteiger partial charge in [-0.05, 0) is 47.2 Å². The molecule has 0 fully saturated rings. The van der Waals surface area contributed by atoms with Crippen LogP contribution in [0.2, 0.25) is 0 Å². The zero-order valence-electron chi connectivity index (χ0n) is 18.6. The Morgan fingerprint density at radius 1 is 0.886 bits per heavy atom. The number of hydrogen-bond acceptors (Lipinski definition) is 3. The molecule has 0 aliphatic heterocycles. The lowest BCUT2D eigenvalue weighted by atomic mass is 10.1. The molecule has 0 unspecified atom stereocenters. The number of benzene rings is 2. The third kappa shape index (κ3) is 5.37. The molecule has 0 amide bonds. The van der Waals surface area contributed by atoms with E-state index in [0.29, 0.717) is 16.9 Å². The van der Waals surface area contributed by atoms with Gasteiger partial charge in [-0.1, -0.05) is 37.3 Å². The molecular formula is C25H19F6N3S. The van der Waals surface area contributed by atoms with Crippen LogP contribution in [0.1, 0.15) is 29.3 Å². The lowest BCUT2D eigenvalue weighted by molar-refractivity contribution is -0.141. The highest BCUT2D eigenvalue weighted by Crippen LogP contribution is 2.35. The Bertz CT molecular complexity index is 1390. The quantitative estimate of drug-likeness (QED) is 0.156. The first kappa shape index (κ1) is 24.8.